The van der Waals surface area contributed by atoms with E-state index in [0.29, 0.717) is 0 Å². The van der Waals surface area contributed by atoms with Crippen molar-refractivity contribution in [2.75, 3.05) is 0 Å². The molecule has 0 heterocycles. The Kier molecular flexibility index (Phi) is 26.1. The molecule has 0 amide bonds. The Hall–Kier alpha value is 1.89. The maximum absolute atomic E-state index is 8.74. The molecule has 0 fully saturated rings. The van der Waals surface area contributed by atoms with Gasteiger partial charge in [0.1, 0.15) is 0 Å². The topological polar surface area (TPSA) is 57.5 Å². The third kappa shape index (κ3) is 39.4. The standard InChI is InChI=1S/Ga.K.H2O3Si.4H/c;;1-4(2)3;;;;/h;;1-2H;;;;/q;+1;;;;;-1. The molecule has 32 valence electrons. The van der Waals surface area contributed by atoms with Gasteiger partial charge in [-0.3, -0.25) is 4.46 Å². The van der Waals surface area contributed by atoms with Gasteiger partial charge in [-0.1, -0.05) is 0 Å². The smallest absolute Gasteiger partial charge is 1.00 e. The van der Waals surface area contributed by atoms with Crippen LogP contribution in [0.15, 0.2) is 0 Å². The van der Waals surface area contributed by atoms with Crippen LogP contribution in [-0.2, 0) is 4.46 Å². The third-order valence-corrected chi connectivity index (χ3v) is 0. The quantitative estimate of drug-likeness (QED) is 0.375. The predicted molar refractivity (Wildman–Crippen MR) is 21.9 cm³/mol. The molecule has 0 saturated carbocycles. The van der Waals surface area contributed by atoms with E-state index in [9.17, 15) is 0 Å². The molecule has 0 aromatic heterocycles. The summed E-state index contributed by atoms with van der Waals surface area (Å²) in [4.78, 5) is 14.3. The van der Waals surface area contributed by atoms with Gasteiger partial charge in [0, 0.05) is 0 Å². The first-order valence-electron chi connectivity index (χ1n) is 0.651. The van der Waals surface area contributed by atoms with E-state index in [0.717, 1.165) is 0 Å². The van der Waals surface area contributed by atoms with Crippen LogP contribution in [0.4, 0.5) is 0 Å². The minimum absolute atomic E-state index is 0. The summed E-state index contributed by atoms with van der Waals surface area (Å²) in [5, 5.41) is 0. The summed E-state index contributed by atoms with van der Waals surface area (Å²) in [7, 11) is -3.13. The van der Waals surface area contributed by atoms with Crippen LogP contribution in [-0.4, -0.2) is 38.6 Å². The van der Waals surface area contributed by atoms with Gasteiger partial charge in [-0.05, 0) is 0 Å². The summed E-state index contributed by atoms with van der Waals surface area (Å²) in [6, 6.07) is 0. The average Bonchev–Trinajstić information content (AvgIpc) is 0.811. The van der Waals surface area contributed by atoms with Gasteiger partial charge in [-0.2, -0.15) is 0 Å². The molecule has 2 N–H and O–H groups in total. The maximum atomic E-state index is 8.74. The molecule has 0 aromatic rings. The summed E-state index contributed by atoms with van der Waals surface area (Å²) in [5.74, 6) is 0. The molecule has 3 nitrogen and oxygen atoms in total. The number of hydrogen-bond acceptors (Lipinski definition) is 1. The molecule has 0 aliphatic heterocycles. The van der Waals surface area contributed by atoms with Crippen LogP contribution in [0.25, 0.3) is 0 Å². The van der Waals surface area contributed by atoms with Crippen LogP contribution >= 0.6 is 0 Å². The Morgan fingerprint density at radius 1 is 1.50 bits per heavy atom. The first-order valence-corrected chi connectivity index (χ1v) is 1.95. The molecule has 0 radical (unpaired) electrons. The van der Waals surface area contributed by atoms with E-state index in [4.69, 9.17) is 14.1 Å². The zero-order chi connectivity index (χ0) is 3.58. The first-order chi connectivity index (χ1) is 1.73. The molecule has 0 unspecified atom stereocenters. The molecule has 6 heavy (non-hydrogen) atoms. The Balaban J connectivity index is -0.0000000150. The van der Waals surface area contributed by atoms with Crippen molar-refractivity contribution in [2.24, 2.45) is 0 Å². The molecule has 0 spiro atoms. The SMILES string of the molecule is O=[Si](O)O.[GaH3].[H-].[K+]. The van der Waals surface area contributed by atoms with E-state index in [2.05, 4.69) is 0 Å². The Bertz CT molecular complexity index is 37.9. The molecule has 0 aliphatic rings. The van der Waals surface area contributed by atoms with Gasteiger partial charge < -0.3 is 11.0 Å². The second-order valence-electron chi connectivity index (χ2n) is 0.283. The van der Waals surface area contributed by atoms with Crippen LogP contribution in [0.3, 0.4) is 0 Å². The molecular formula is H6GaKO3Si. The van der Waals surface area contributed by atoms with Crippen molar-refractivity contribution in [3.8, 4) is 0 Å². The van der Waals surface area contributed by atoms with E-state index in [1.54, 1.807) is 0 Å². The average molecular weight is 191 g/mol. The van der Waals surface area contributed by atoms with Crippen molar-refractivity contribution in [1.29, 1.82) is 0 Å². The van der Waals surface area contributed by atoms with Gasteiger partial charge in [-0.15, -0.1) is 0 Å². The fraction of sp³-hybridized carbons (Fsp3) is 0. The van der Waals surface area contributed by atoms with Crippen molar-refractivity contribution < 1.29 is 66.9 Å². The van der Waals surface area contributed by atoms with Crippen molar-refractivity contribution in [2.45, 2.75) is 0 Å². The monoisotopic (exact) mass is 190 g/mol. The summed E-state index contributed by atoms with van der Waals surface area (Å²) in [6.45, 7) is 0. The van der Waals surface area contributed by atoms with Crippen molar-refractivity contribution in [1.82, 2.24) is 0 Å². The molecule has 0 aromatic carbocycles. The Morgan fingerprint density at radius 3 is 1.50 bits per heavy atom. The fourth-order valence-electron chi connectivity index (χ4n) is 0. The van der Waals surface area contributed by atoms with Crippen LogP contribution in [0.1, 0.15) is 1.43 Å². The van der Waals surface area contributed by atoms with Gasteiger partial charge in [0.15, 0.2) is 0 Å². The normalized spacial score (nSPS) is 4.00. The molecule has 0 saturated heterocycles. The van der Waals surface area contributed by atoms with Crippen LogP contribution < -0.4 is 51.4 Å². The van der Waals surface area contributed by atoms with Crippen LogP contribution in [0.5, 0.6) is 0 Å². The molecular weight excluding hydrogens is 185 g/mol. The van der Waals surface area contributed by atoms with Crippen molar-refractivity contribution in [3.63, 3.8) is 0 Å². The second-order valence-corrected chi connectivity index (χ2v) is 0.848. The van der Waals surface area contributed by atoms with Gasteiger partial charge in [0.25, 0.3) is 0 Å². The first kappa shape index (κ1) is 15.7. The van der Waals surface area contributed by atoms with E-state index >= 15 is 0 Å². The van der Waals surface area contributed by atoms with Crippen LogP contribution in [0, 0.1) is 0 Å². The zero-order valence-electron chi connectivity index (χ0n) is 3.80. The van der Waals surface area contributed by atoms with Crippen molar-refractivity contribution in [3.05, 3.63) is 0 Å². The predicted octanol–water partition coefficient (Wildman–Crippen LogP) is -5.68. The molecule has 6 heteroatoms. The number of rotatable bonds is 0. The fourth-order valence-corrected chi connectivity index (χ4v) is 0. The summed E-state index contributed by atoms with van der Waals surface area (Å²) in [5.41, 5.74) is 0. The van der Waals surface area contributed by atoms with E-state index in [1.807, 2.05) is 0 Å². The minimum atomic E-state index is -3.13. The molecule has 0 atom stereocenters. The number of hydrogen-bond donors (Lipinski definition) is 2. The molecule has 0 aliphatic carbocycles. The molecule has 0 bridgehead atoms. The minimum Gasteiger partial charge on any atom is -1.00 e. The summed E-state index contributed by atoms with van der Waals surface area (Å²) < 4.78 is 8.74. The summed E-state index contributed by atoms with van der Waals surface area (Å²) in [6.07, 6.45) is 0. The largest absolute Gasteiger partial charge is 1.00 e. The van der Waals surface area contributed by atoms with Gasteiger partial charge in [0.2, 0.25) is 0 Å². The van der Waals surface area contributed by atoms with E-state index in [1.165, 1.54) is 0 Å². The zero-order valence-corrected chi connectivity index (χ0v) is 6.93. The van der Waals surface area contributed by atoms with Crippen LogP contribution in [0.2, 0.25) is 0 Å². The Morgan fingerprint density at radius 2 is 1.50 bits per heavy atom. The Labute approximate surface area is 94.0 Å². The van der Waals surface area contributed by atoms with Crippen molar-refractivity contribution >= 4 is 29.0 Å². The summed E-state index contributed by atoms with van der Waals surface area (Å²) >= 11 is 0. The molecule has 0 rings (SSSR count). The van der Waals surface area contributed by atoms with E-state index in [-0.39, 0.29) is 72.6 Å². The van der Waals surface area contributed by atoms with Gasteiger partial charge >= 0.3 is 80.3 Å². The third-order valence-electron chi connectivity index (χ3n) is 0. The van der Waals surface area contributed by atoms with E-state index < -0.39 is 9.17 Å². The van der Waals surface area contributed by atoms with Gasteiger partial charge in [0.05, 0.1) is 0 Å². The maximum Gasteiger partial charge on any atom is 1.00 e. The second kappa shape index (κ2) is 10.00. The van der Waals surface area contributed by atoms with Gasteiger partial charge in [-0.25, -0.2) is 0 Å².